The van der Waals surface area contributed by atoms with E-state index in [0.717, 1.165) is 11.3 Å². The van der Waals surface area contributed by atoms with Crippen molar-refractivity contribution < 1.29 is 14.4 Å². The van der Waals surface area contributed by atoms with Crippen LogP contribution >= 0.6 is 22.9 Å². The third kappa shape index (κ3) is 2.94. The Labute approximate surface area is 122 Å². The molecule has 0 saturated carbocycles. The van der Waals surface area contributed by atoms with Gasteiger partial charge in [-0.1, -0.05) is 22.8 Å². The highest BCUT2D eigenvalue weighted by molar-refractivity contribution is 7.14. The molecule has 1 amide bonds. The second kappa shape index (κ2) is 5.98. The Bertz CT molecular complexity index is 687. The van der Waals surface area contributed by atoms with Gasteiger partial charge in [-0.2, -0.15) is 0 Å². The fraction of sp³-hybridized carbons (Fsp3) is 0.0833. The van der Waals surface area contributed by atoms with Gasteiger partial charge in [-0.15, -0.1) is 11.3 Å². The summed E-state index contributed by atoms with van der Waals surface area (Å²) in [6.07, 6.45) is 0. The Balaban J connectivity index is 2.20. The molecule has 2 rings (SSSR count). The zero-order chi connectivity index (χ0) is 14.7. The first kappa shape index (κ1) is 14.4. The predicted molar refractivity (Wildman–Crippen MR) is 75.5 cm³/mol. The molecule has 0 aliphatic carbocycles. The van der Waals surface area contributed by atoms with Crippen LogP contribution in [0.2, 0.25) is 5.02 Å². The van der Waals surface area contributed by atoms with Gasteiger partial charge in [-0.25, -0.2) is 9.37 Å². The summed E-state index contributed by atoms with van der Waals surface area (Å²) in [5.74, 6) is -1.43. The van der Waals surface area contributed by atoms with E-state index in [4.69, 9.17) is 16.8 Å². The first-order chi connectivity index (χ1) is 9.52. The van der Waals surface area contributed by atoms with E-state index in [0.29, 0.717) is 11.4 Å². The summed E-state index contributed by atoms with van der Waals surface area (Å²) >= 11 is 6.75. The van der Waals surface area contributed by atoms with Crippen molar-refractivity contribution in [2.75, 3.05) is 5.32 Å². The Hall–Kier alpha value is -1.99. The van der Waals surface area contributed by atoms with Crippen LogP contribution in [-0.4, -0.2) is 21.8 Å². The van der Waals surface area contributed by atoms with Crippen LogP contribution in [0.1, 0.15) is 23.0 Å². The summed E-state index contributed by atoms with van der Waals surface area (Å²) < 4.78 is 13.7. The lowest BCUT2D eigenvalue weighted by Crippen LogP contribution is -2.14. The van der Waals surface area contributed by atoms with Crippen molar-refractivity contribution in [3.8, 4) is 0 Å². The third-order valence-electron chi connectivity index (χ3n) is 2.44. The van der Waals surface area contributed by atoms with E-state index in [2.05, 4.69) is 15.5 Å². The van der Waals surface area contributed by atoms with Crippen LogP contribution in [0.4, 0.5) is 9.52 Å². The van der Waals surface area contributed by atoms with Crippen LogP contribution in [0.15, 0.2) is 28.7 Å². The Morgan fingerprint density at radius 1 is 1.55 bits per heavy atom. The number of amides is 1. The number of anilines is 1. The number of rotatable bonds is 3. The number of hydrogen-bond donors (Lipinski definition) is 2. The number of nitrogens with zero attached hydrogens (tertiary/aromatic N) is 2. The monoisotopic (exact) mass is 313 g/mol. The van der Waals surface area contributed by atoms with Gasteiger partial charge in [0.1, 0.15) is 11.4 Å². The highest BCUT2D eigenvalue weighted by Crippen LogP contribution is 2.21. The number of oxime groups is 1. The van der Waals surface area contributed by atoms with Crippen LogP contribution < -0.4 is 5.32 Å². The van der Waals surface area contributed by atoms with Crippen molar-refractivity contribution >= 4 is 39.7 Å². The first-order valence-corrected chi connectivity index (χ1v) is 6.68. The molecule has 2 aromatic rings. The summed E-state index contributed by atoms with van der Waals surface area (Å²) in [4.78, 5) is 16.0. The number of thiazole rings is 1. The lowest BCUT2D eigenvalue weighted by Gasteiger charge is -2.03. The van der Waals surface area contributed by atoms with Gasteiger partial charge in [0.15, 0.2) is 10.9 Å². The van der Waals surface area contributed by atoms with E-state index in [1.807, 2.05) is 0 Å². The molecule has 0 aliphatic rings. The van der Waals surface area contributed by atoms with E-state index >= 15 is 0 Å². The molecule has 0 spiro atoms. The molecule has 0 radical (unpaired) electrons. The Morgan fingerprint density at radius 3 is 3.00 bits per heavy atom. The molecule has 0 bridgehead atoms. The van der Waals surface area contributed by atoms with Crippen LogP contribution in [-0.2, 0) is 0 Å². The predicted octanol–water partition coefficient (Wildman–Crippen LogP) is 3.39. The minimum absolute atomic E-state index is 0.124. The SMILES string of the molecule is C/C(=N/O)c1csc(NC(=O)c2cccc(Cl)c2F)n1. The molecule has 0 atom stereocenters. The van der Waals surface area contributed by atoms with Gasteiger partial charge >= 0.3 is 0 Å². The van der Waals surface area contributed by atoms with E-state index < -0.39 is 11.7 Å². The third-order valence-corrected chi connectivity index (χ3v) is 3.49. The quantitative estimate of drug-likeness (QED) is 0.518. The van der Waals surface area contributed by atoms with Gasteiger partial charge in [0.05, 0.1) is 10.6 Å². The smallest absolute Gasteiger partial charge is 0.260 e. The average molecular weight is 314 g/mol. The second-order valence-corrected chi connectivity index (χ2v) is 5.04. The highest BCUT2D eigenvalue weighted by atomic mass is 35.5. The van der Waals surface area contributed by atoms with Crippen molar-refractivity contribution in [2.24, 2.45) is 5.16 Å². The number of benzene rings is 1. The topological polar surface area (TPSA) is 74.6 Å². The van der Waals surface area contributed by atoms with Gasteiger partial charge in [0.2, 0.25) is 0 Å². The van der Waals surface area contributed by atoms with E-state index in [9.17, 15) is 9.18 Å². The number of carbonyl (C=O) groups is 1. The molecular weight excluding hydrogens is 305 g/mol. The summed E-state index contributed by atoms with van der Waals surface area (Å²) in [5, 5.41) is 15.8. The molecule has 0 saturated heterocycles. The maximum atomic E-state index is 13.7. The normalized spacial score (nSPS) is 11.4. The van der Waals surface area contributed by atoms with Crippen molar-refractivity contribution in [2.45, 2.75) is 6.92 Å². The molecule has 1 aromatic heterocycles. The molecule has 5 nitrogen and oxygen atoms in total. The fourth-order valence-corrected chi connectivity index (χ4v) is 2.32. The molecule has 8 heteroatoms. The number of halogens is 2. The van der Waals surface area contributed by atoms with E-state index in [1.54, 1.807) is 12.3 Å². The number of aromatic nitrogens is 1. The van der Waals surface area contributed by atoms with Gasteiger partial charge in [0, 0.05) is 5.38 Å². The molecule has 20 heavy (non-hydrogen) atoms. The largest absolute Gasteiger partial charge is 0.411 e. The summed E-state index contributed by atoms with van der Waals surface area (Å²) in [6, 6.07) is 4.16. The second-order valence-electron chi connectivity index (χ2n) is 3.78. The van der Waals surface area contributed by atoms with Crippen LogP contribution in [0.5, 0.6) is 0 Å². The van der Waals surface area contributed by atoms with Crippen LogP contribution in [0.25, 0.3) is 0 Å². The minimum atomic E-state index is -0.781. The zero-order valence-corrected chi connectivity index (χ0v) is 11.8. The highest BCUT2D eigenvalue weighted by Gasteiger charge is 2.16. The maximum Gasteiger partial charge on any atom is 0.260 e. The van der Waals surface area contributed by atoms with Gasteiger partial charge < -0.3 is 5.21 Å². The summed E-state index contributed by atoms with van der Waals surface area (Å²) in [7, 11) is 0. The van der Waals surface area contributed by atoms with E-state index in [1.165, 1.54) is 18.2 Å². The van der Waals surface area contributed by atoms with Crippen LogP contribution in [0.3, 0.4) is 0 Å². The van der Waals surface area contributed by atoms with Crippen molar-refractivity contribution in [3.63, 3.8) is 0 Å². The number of hydrogen-bond acceptors (Lipinski definition) is 5. The molecule has 0 fully saturated rings. The number of carbonyl (C=O) groups excluding carboxylic acids is 1. The molecule has 0 unspecified atom stereocenters. The van der Waals surface area contributed by atoms with Crippen LogP contribution in [0, 0.1) is 5.82 Å². The van der Waals surface area contributed by atoms with Gasteiger partial charge in [-0.05, 0) is 19.1 Å². The maximum absolute atomic E-state index is 13.7. The fourth-order valence-electron chi connectivity index (χ4n) is 1.39. The molecular formula is C12H9ClFN3O2S. The number of nitrogens with one attached hydrogen (secondary N) is 1. The summed E-state index contributed by atoms with van der Waals surface area (Å²) in [6.45, 7) is 1.57. The molecule has 104 valence electrons. The molecule has 2 N–H and O–H groups in total. The lowest BCUT2D eigenvalue weighted by atomic mass is 10.2. The van der Waals surface area contributed by atoms with Gasteiger partial charge in [0.25, 0.3) is 5.91 Å². The Kier molecular flexibility index (Phi) is 4.31. The molecule has 0 aliphatic heterocycles. The minimum Gasteiger partial charge on any atom is -0.411 e. The van der Waals surface area contributed by atoms with Crippen molar-refractivity contribution in [1.29, 1.82) is 0 Å². The van der Waals surface area contributed by atoms with Gasteiger partial charge in [-0.3, -0.25) is 10.1 Å². The first-order valence-electron chi connectivity index (χ1n) is 5.43. The molecule has 1 heterocycles. The summed E-state index contributed by atoms with van der Waals surface area (Å²) in [5.41, 5.74) is 0.580. The van der Waals surface area contributed by atoms with Crippen molar-refractivity contribution in [3.05, 3.63) is 45.7 Å². The average Bonchev–Trinajstić information content (AvgIpc) is 2.89. The molecule has 1 aromatic carbocycles. The Morgan fingerprint density at radius 2 is 2.30 bits per heavy atom. The van der Waals surface area contributed by atoms with Crippen molar-refractivity contribution in [1.82, 2.24) is 4.98 Å². The zero-order valence-electron chi connectivity index (χ0n) is 10.2. The van der Waals surface area contributed by atoms with E-state index in [-0.39, 0.29) is 15.7 Å². The lowest BCUT2D eigenvalue weighted by molar-refractivity contribution is 0.102. The standard InChI is InChI=1S/C12H9ClFN3O2S/c1-6(17-19)9-5-20-12(15-9)16-11(18)7-3-2-4-8(13)10(7)14/h2-5,19H,1H3,(H,15,16,18)/b17-6-.